The SMILES string of the molecule is COc1cccc(CN(C)c2cc(-c3cn[nH]c3)n3nc(C(=O)Nc4ccc(Cl)cc4)cc3n2)c1. The second kappa shape index (κ2) is 9.47. The number of ether oxygens (including phenoxy) is 1. The highest BCUT2D eigenvalue weighted by Gasteiger charge is 2.18. The average molecular weight is 488 g/mol. The topological polar surface area (TPSA) is 100 Å². The number of benzene rings is 2. The van der Waals surface area contributed by atoms with Gasteiger partial charge in [-0.05, 0) is 42.0 Å². The maximum atomic E-state index is 12.9. The highest BCUT2D eigenvalue weighted by atomic mass is 35.5. The Kier molecular flexibility index (Phi) is 6.07. The van der Waals surface area contributed by atoms with Crippen molar-refractivity contribution in [3.8, 4) is 17.0 Å². The molecule has 0 aliphatic rings. The summed E-state index contributed by atoms with van der Waals surface area (Å²) in [5, 5.41) is 14.9. The van der Waals surface area contributed by atoms with Gasteiger partial charge in [-0.2, -0.15) is 10.2 Å². The van der Waals surface area contributed by atoms with Gasteiger partial charge in [0.1, 0.15) is 11.6 Å². The van der Waals surface area contributed by atoms with E-state index < -0.39 is 0 Å². The van der Waals surface area contributed by atoms with Gasteiger partial charge in [-0.15, -0.1) is 0 Å². The van der Waals surface area contributed by atoms with Crippen LogP contribution in [-0.2, 0) is 6.54 Å². The Hall–Kier alpha value is -4.37. The van der Waals surface area contributed by atoms with E-state index in [-0.39, 0.29) is 11.6 Å². The summed E-state index contributed by atoms with van der Waals surface area (Å²) in [6.45, 7) is 0.614. The quantitative estimate of drug-likeness (QED) is 0.346. The predicted octanol–water partition coefficient (Wildman–Crippen LogP) is 4.67. The van der Waals surface area contributed by atoms with Crippen LogP contribution in [-0.4, -0.2) is 44.9 Å². The average Bonchev–Trinajstić information content (AvgIpc) is 3.55. The number of methoxy groups -OCH3 is 1. The van der Waals surface area contributed by atoms with Crippen molar-refractivity contribution in [2.75, 3.05) is 24.4 Å². The molecule has 10 heteroatoms. The fourth-order valence-corrected chi connectivity index (χ4v) is 3.84. The van der Waals surface area contributed by atoms with Crippen molar-refractivity contribution in [2.45, 2.75) is 6.54 Å². The molecular formula is C25H22ClN7O2. The van der Waals surface area contributed by atoms with Crippen LogP contribution in [0.2, 0.25) is 5.02 Å². The second-order valence-electron chi connectivity index (χ2n) is 7.95. The van der Waals surface area contributed by atoms with Crippen LogP contribution in [0.4, 0.5) is 11.5 Å². The molecule has 0 spiro atoms. The van der Waals surface area contributed by atoms with Crippen molar-refractivity contribution < 1.29 is 9.53 Å². The van der Waals surface area contributed by atoms with Gasteiger partial charge in [-0.1, -0.05) is 23.7 Å². The van der Waals surface area contributed by atoms with E-state index in [0.717, 1.165) is 28.4 Å². The number of halogens is 1. The Balaban J connectivity index is 1.50. The molecule has 3 aromatic heterocycles. The molecule has 5 rings (SSSR count). The lowest BCUT2D eigenvalue weighted by molar-refractivity contribution is 0.102. The minimum absolute atomic E-state index is 0.241. The van der Waals surface area contributed by atoms with Gasteiger partial charge in [0.25, 0.3) is 5.91 Å². The van der Waals surface area contributed by atoms with E-state index in [2.05, 4.69) is 20.6 Å². The van der Waals surface area contributed by atoms with E-state index >= 15 is 0 Å². The molecular weight excluding hydrogens is 466 g/mol. The number of H-pyrrole nitrogens is 1. The number of nitrogens with one attached hydrogen (secondary N) is 2. The van der Waals surface area contributed by atoms with Crippen molar-refractivity contribution in [1.82, 2.24) is 24.8 Å². The molecule has 0 saturated carbocycles. The largest absolute Gasteiger partial charge is 0.497 e. The van der Waals surface area contributed by atoms with Gasteiger partial charge in [0.05, 0.1) is 19.0 Å². The number of aromatic amines is 1. The zero-order valence-corrected chi connectivity index (χ0v) is 19.8. The summed E-state index contributed by atoms with van der Waals surface area (Å²) in [7, 11) is 3.61. The molecule has 1 amide bonds. The summed E-state index contributed by atoms with van der Waals surface area (Å²) >= 11 is 5.94. The maximum Gasteiger partial charge on any atom is 0.276 e. The molecule has 0 aliphatic carbocycles. The molecule has 0 radical (unpaired) electrons. The fraction of sp³-hybridized carbons (Fsp3) is 0.120. The van der Waals surface area contributed by atoms with Crippen LogP contribution >= 0.6 is 11.6 Å². The van der Waals surface area contributed by atoms with E-state index in [9.17, 15) is 4.79 Å². The highest BCUT2D eigenvalue weighted by Crippen LogP contribution is 2.26. The monoisotopic (exact) mass is 487 g/mol. The van der Waals surface area contributed by atoms with Gasteiger partial charge >= 0.3 is 0 Å². The van der Waals surface area contributed by atoms with Crippen molar-refractivity contribution in [3.05, 3.63) is 89.3 Å². The first kappa shape index (κ1) is 22.4. The molecule has 2 N–H and O–H groups in total. The van der Waals surface area contributed by atoms with Gasteiger partial charge in [-0.3, -0.25) is 9.89 Å². The molecule has 0 bridgehead atoms. The van der Waals surface area contributed by atoms with E-state index in [0.29, 0.717) is 22.9 Å². The van der Waals surface area contributed by atoms with E-state index in [1.165, 1.54) is 0 Å². The van der Waals surface area contributed by atoms with Crippen molar-refractivity contribution in [1.29, 1.82) is 0 Å². The van der Waals surface area contributed by atoms with Gasteiger partial charge in [0.15, 0.2) is 11.3 Å². The number of aromatic nitrogens is 5. The number of fused-ring (bicyclic) bond motifs is 1. The highest BCUT2D eigenvalue weighted by molar-refractivity contribution is 6.30. The van der Waals surface area contributed by atoms with Crippen LogP contribution in [0.15, 0.2) is 73.1 Å². The molecule has 9 nitrogen and oxygen atoms in total. The summed E-state index contributed by atoms with van der Waals surface area (Å²) in [4.78, 5) is 19.7. The molecule has 0 saturated heterocycles. The summed E-state index contributed by atoms with van der Waals surface area (Å²) in [6, 6.07) is 18.4. The van der Waals surface area contributed by atoms with Crippen molar-refractivity contribution in [2.24, 2.45) is 0 Å². The minimum atomic E-state index is -0.345. The molecule has 176 valence electrons. The number of nitrogens with zero attached hydrogens (tertiary/aromatic N) is 5. The molecule has 0 unspecified atom stereocenters. The molecule has 3 heterocycles. The molecule has 0 aliphatic heterocycles. The first-order chi connectivity index (χ1) is 17.0. The Bertz CT molecular complexity index is 1480. The first-order valence-corrected chi connectivity index (χ1v) is 11.2. The third-order valence-electron chi connectivity index (χ3n) is 5.49. The molecule has 2 aromatic carbocycles. The van der Waals surface area contributed by atoms with Crippen LogP contribution in [0.3, 0.4) is 0 Å². The summed E-state index contributed by atoms with van der Waals surface area (Å²) in [6.07, 6.45) is 3.48. The Labute approximate surface area is 206 Å². The van der Waals surface area contributed by atoms with Crippen LogP contribution in [0.1, 0.15) is 16.1 Å². The Morgan fingerprint density at radius 3 is 2.74 bits per heavy atom. The van der Waals surface area contributed by atoms with E-state index in [1.807, 2.05) is 42.3 Å². The molecule has 0 atom stereocenters. The summed E-state index contributed by atoms with van der Waals surface area (Å²) in [5.41, 5.74) is 4.05. The third-order valence-corrected chi connectivity index (χ3v) is 5.74. The molecule has 0 fully saturated rings. The normalized spacial score (nSPS) is 10.9. The second-order valence-corrected chi connectivity index (χ2v) is 8.39. The lowest BCUT2D eigenvalue weighted by atomic mass is 10.2. The zero-order chi connectivity index (χ0) is 24.4. The minimum Gasteiger partial charge on any atom is -0.497 e. The number of carbonyl (C=O) groups is 1. The number of anilines is 2. The van der Waals surface area contributed by atoms with E-state index in [1.54, 1.807) is 54.4 Å². The lowest BCUT2D eigenvalue weighted by Gasteiger charge is -2.19. The smallest absolute Gasteiger partial charge is 0.276 e. The van der Waals surface area contributed by atoms with Crippen LogP contribution in [0.5, 0.6) is 5.75 Å². The summed E-state index contributed by atoms with van der Waals surface area (Å²) < 4.78 is 6.98. The number of rotatable bonds is 7. The Morgan fingerprint density at radius 1 is 1.17 bits per heavy atom. The lowest BCUT2D eigenvalue weighted by Crippen LogP contribution is -2.18. The number of hydrogen-bond acceptors (Lipinski definition) is 6. The van der Waals surface area contributed by atoms with Crippen molar-refractivity contribution in [3.63, 3.8) is 0 Å². The number of hydrogen-bond donors (Lipinski definition) is 2. The van der Waals surface area contributed by atoms with Gasteiger partial charge in [0.2, 0.25) is 0 Å². The van der Waals surface area contributed by atoms with Gasteiger partial charge in [0, 0.05) is 48.2 Å². The summed E-state index contributed by atoms with van der Waals surface area (Å²) in [5.74, 6) is 1.17. The first-order valence-electron chi connectivity index (χ1n) is 10.8. The Morgan fingerprint density at radius 2 is 2.00 bits per heavy atom. The van der Waals surface area contributed by atoms with Crippen LogP contribution < -0.4 is 15.0 Å². The third kappa shape index (κ3) is 4.80. The van der Waals surface area contributed by atoms with Crippen molar-refractivity contribution >= 4 is 34.7 Å². The molecule has 5 aromatic rings. The predicted molar refractivity (Wildman–Crippen MR) is 135 cm³/mol. The van der Waals surface area contributed by atoms with Crippen LogP contribution in [0, 0.1) is 0 Å². The standard InChI is InChI=1S/C25H22ClN7O2/c1-32(15-16-4-3-5-20(10-16)35-2)23-12-22(17-13-27-28-14-17)33-24(30-23)11-21(31-33)25(34)29-19-8-6-18(26)7-9-19/h3-14H,15H2,1-2H3,(H,27,28)(H,29,34). The van der Waals surface area contributed by atoms with Gasteiger partial charge < -0.3 is 15.0 Å². The number of carbonyl (C=O) groups excluding carboxylic acids is 1. The zero-order valence-electron chi connectivity index (χ0n) is 19.1. The maximum absolute atomic E-state index is 12.9. The van der Waals surface area contributed by atoms with E-state index in [4.69, 9.17) is 21.3 Å². The van der Waals surface area contributed by atoms with Crippen LogP contribution in [0.25, 0.3) is 16.9 Å². The molecule has 35 heavy (non-hydrogen) atoms. The van der Waals surface area contributed by atoms with Gasteiger partial charge in [-0.25, -0.2) is 9.50 Å². The fourth-order valence-electron chi connectivity index (χ4n) is 3.72. The number of amides is 1.